The molecule has 1 amide bonds. The fraction of sp³-hybridized carbons (Fsp3) is 0.562. The lowest BCUT2D eigenvalue weighted by molar-refractivity contribution is -0.123. The lowest BCUT2D eigenvalue weighted by Crippen LogP contribution is -2.40. The predicted octanol–water partition coefficient (Wildman–Crippen LogP) is 2.51. The quantitative estimate of drug-likeness (QED) is 0.904. The lowest BCUT2D eigenvalue weighted by atomic mass is 9.96. The highest BCUT2D eigenvalue weighted by atomic mass is 16.1. The first-order chi connectivity index (χ1) is 9.06. The van der Waals surface area contributed by atoms with E-state index in [1.54, 1.807) is 0 Å². The second-order valence-corrected chi connectivity index (χ2v) is 5.87. The summed E-state index contributed by atoms with van der Waals surface area (Å²) in [6, 6.07) is 8.80. The molecule has 0 radical (unpaired) electrons. The predicted molar refractivity (Wildman–Crippen MR) is 77.7 cm³/mol. The zero-order valence-electron chi connectivity index (χ0n) is 11.9. The molecule has 1 aromatic rings. The van der Waals surface area contributed by atoms with Crippen LogP contribution in [0.3, 0.4) is 0 Å². The van der Waals surface area contributed by atoms with Crippen LogP contribution in [0.5, 0.6) is 0 Å². The van der Waals surface area contributed by atoms with Gasteiger partial charge in [0.25, 0.3) is 0 Å². The first-order valence-electron chi connectivity index (χ1n) is 7.16. The average Bonchev–Trinajstić information content (AvgIpc) is 2.39. The molecular formula is C16H24N2O. The molecule has 1 saturated heterocycles. The molecule has 2 N–H and O–H groups in total. The molecule has 1 aromatic carbocycles. The van der Waals surface area contributed by atoms with Gasteiger partial charge in [-0.3, -0.25) is 9.69 Å². The van der Waals surface area contributed by atoms with Crippen LogP contribution in [0.4, 0.5) is 0 Å². The first kappa shape index (κ1) is 14.1. The van der Waals surface area contributed by atoms with Crippen LogP contribution in [-0.4, -0.2) is 23.9 Å². The van der Waals surface area contributed by atoms with E-state index >= 15 is 0 Å². The van der Waals surface area contributed by atoms with Crippen molar-refractivity contribution in [3.05, 3.63) is 35.4 Å². The minimum absolute atomic E-state index is 0.0312. The van der Waals surface area contributed by atoms with Gasteiger partial charge < -0.3 is 5.73 Å². The number of rotatable bonds is 4. The number of nitrogens with zero attached hydrogens (tertiary/aromatic N) is 1. The number of nitrogens with two attached hydrogens (primary N) is 1. The van der Waals surface area contributed by atoms with Crippen LogP contribution in [0.15, 0.2) is 24.3 Å². The molecule has 3 heteroatoms. The van der Waals surface area contributed by atoms with Crippen molar-refractivity contribution < 1.29 is 4.79 Å². The minimum atomic E-state index is -0.153. The zero-order valence-corrected chi connectivity index (χ0v) is 11.9. The van der Waals surface area contributed by atoms with Gasteiger partial charge in [0.2, 0.25) is 5.91 Å². The second-order valence-electron chi connectivity index (χ2n) is 5.87. The second kappa shape index (κ2) is 6.20. The third-order valence-corrected chi connectivity index (χ3v) is 3.96. The molecule has 0 spiro atoms. The van der Waals surface area contributed by atoms with Gasteiger partial charge in [0.05, 0.1) is 5.92 Å². The molecule has 2 rings (SSSR count). The molecule has 0 aromatic heterocycles. The number of likely N-dealkylation sites (tertiary alicyclic amines) is 1. The summed E-state index contributed by atoms with van der Waals surface area (Å²) in [5.74, 6) is 0.451. The standard InChI is InChI=1S/C16H24N2O/c1-12(2)14-7-5-13(6-8-14)10-18-9-3-4-15(11-18)16(17)19/h5-8,12,15H,3-4,9-11H2,1-2H3,(H2,17,19). The Balaban J connectivity index is 1.95. The minimum Gasteiger partial charge on any atom is -0.369 e. The summed E-state index contributed by atoms with van der Waals surface area (Å²) in [7, 11) is 0. The van der Waals surface area contributed by atoms with E-state index in [1.165, 1.54) is 11.1 Å². The number of benzene rings is 1. The Morgan fingerprint density at radius 2 is 2.05 bits per heavy atom. The summed E-state index contributed by atoms with van der Waals surface area (Å²) in [6.07, 6.45) is 2.01. The largest absolute Gasteiger partial charge is 0.369 e. The van der Waals surface area contributed by atoms with Crippen molar-refractivity contribution in [2.45, 2.75) is 39.2 Å². The number of amides is 1. The van der Waals surface area contributed by atoms with Gasteiger partial charge in [0.15, 0.2) is 0 Å². The van der Waals surface area contributed by atoms with Crippen molar-refractivity contribution in [1.29, 1.82) is 0 Å². The Morgan fingerprint density at radius 1 is 1.37 bits per heavy atom. The molecule has 1 heterocycles. The maximum Gasteiger partial charge on any atom is 0.221 e. The number of hydrogen-bond acceptors (Lipinski definition) is 2. The molecule has 1 aliphatic rings. The van der Waals surface area contributed by atoms with Crippen LogP contribution >= 0.6 is 0 Å². The third kappa shape index (κ3) is 3.80. The number of carbonyl (C=O) groups is 1. The first-order valence-corrected chi connectivity index (χ1v) is 7.16. The van der Waals surface area contributed by atoms with E-state index in [2.05, 4.69) is 43.0 Å². The zero-order chi connectivity index (χ0) is 13.8. The number of carbonyl (C=O) groups excluding carboxylic acids is 1. The molecule has 1 fully saturated rings. The Morgan fingerprint density at radius 3 is 2.63 bits per heavy atom. The molecule has 19 heavy (non-hydrogen) atoms. The van der Waals surface area contributed by atoms with E-state index in [0.29, 0.717) is 5.92 Å². The van der Waals surface area contributed by atoms with Gasteiger partial charge in [-0.2, -0.15) is 0 Å². The molecule has 104 valence electrons. The Labute approximate surface area is 115 Å². The van der Waals surface area contributed by atoms with Crippen LogP contribution in [0.1, 0.15) is 43.7 Å². The third-order valence-electron chi connectivity index (χ3n) is 3.96. The fourth-order valence-corrected chi connectivity index (χ4v) is 2.70. The fourth-order valence-electron chi connectivity index (χ4n) is 2.70. The summed E-state index contributed by atoms with van der Waals surface area (Å²) in [6.45, 7) is 7.20. The number of primary amides is 1. The van der Waals surface area contributed by atoms with Gasteiger partial charge in [-0.15, -0.1) is 0 Å². The molecule has 1 aliphatic heterocycles. The Kier molecular flexibility index (Phi) is 4.59. The SMILES string of the molecule is CC(C)c1ccc(CN2CCCC(C(N)=O)C2)cc1. The van der Waals surface area contributed by atoms with Gasteiger partial charge in [-0.25, -0.2) is 0 Å². The van der Waals surface area contributed by atoms with Crippen LogP contribution in [0.2, 0.25) is 0 Å². The maximum atomic E-state index is 11.3. The molecule has 0 bridgehead atoms. The number of hydrogen-bond donors (Lipinski definition) is 1. The highest BCUT2D eigenvalue weighted by Crippen LogP contribution is 2.20. The monoisotopic (exact) mass is 260 g/mol. The lowest BCUT2D eigenvalue weighted by Gasteiger charge is -2.31. The molecular weight excluding hydrogens is 236 g/mol. The van der Waals surface area contributed by atoms with E-state index < -0.39 is 0 Å². The Bertz CT molecular complexity index is 425. The van der Waals surface area contributed by atoms with Crippen molar-refractivity contribution >= 4 is 5.91 Å². The average molecular weight is 260 g/mol. The van der Waals surface area contributed by atoms with Crippen LogP contribution < -0.4 is 5.73 Å². The van der Waals surface area contributed by atoms with Gasteiger partial charge in [0.1, 0.15) is 0 Å². The van der Waals surface area contributed by atoms with Crippen molar-refractivity contribution in [3.63, 3.8) is 0 Å². The maximum absolute atomic E-state index is 11.3. The number of piperidine rings is 1. The highest BCUT2D eigenvalue weighted by molar-refractivity contribution is 5.76. The van der Waals surface area contributed by atoms with Crippen molar-refractivity contribution in [3.8, 4) is 0 Å². The van der Waals surface area contributed by atoms with E-state index in [0.717, 1.165) is 32.5 Å². The van der Waals surface area contributed by atoms with Crippen LogP contribution in [0, 0.1) is 5.92 Å². The summed E-state index contributed by atoms with van der Waals surface area (Å²) in [5, 5.41) is 0. The highest BCUT2D eigenvalue weighted by Gasteiger charge is 2.23. The normalized spacial score (nSPS) is 20.7. The van der Waals surface area contributed by atoms with Crippen LogP contribution in [-0.2, 0) is 11.3 Å². The molecule has 3 nitrogen and oxygen atoms in total. The summed E-state index contributed by atoms with van der Waals surface area (Å²) >= 11 is 0. The van der Waals surface area contributed by atoms with Gasteiger partial charge in [-0.05, 0) is 36.4 Å². The molecule has 1 atom stereocenters. The summed E-state index contributed by atoms with van der Waals surface area (Å²) in [4.78, 5) is 13.6. The smallest absolute Gasteiger partial charge is 0.221 e. The van der Waals surface area contributed by atoms with Crippen molar-refractivity contribution in [2.24, 2.45) is 11.7 Å². The van der Waals surface area contributed by atoms with Gasteiger partial charge in [-0.1, -0.05) is 38.1 Å². The van der Waals surface area contributed by atoms with E-state index in [4.69, 9.17) is 5.73 Å². The molecule has 0 aliphatic carbocycles. The summed E-state index contributed by atoms with van der Waals surface area (Å²) in [5.41, 5.74) is 8.10. The topological polar surface area (TPSA) is 46.3 Å². The van der Waals surface area contributed by atoms with Crippen molar-refractivity contribution in [2.75, 3.05) is 13.1 Å². The van der Waals surface area contributed by atoms with E-state index in [9.17, 15) is 4.79 Å². The van der Waals surface area contributed by atoms with Gasteiger partial charge >= 0.3 is 0 Å². The Hall–Kier alpha value is -1.35. The van der Waals surface area contributed by atoms with E-state index in [-0.39, 0.29) is 11.8 Å². The van der Waals surface area contributed by atoms with Crippen molar-refractivity contribution in [1.82, 2.24) is 4.90 Å². The molecule has 1 unspecified atom stereocenters. The molecule has 0 saturated carbocycles. The summed E-state index contributed by atoms with van der Waals surface area (Å²) < 4.78 is 0. The van der Waals surface area contributed by atoms with Crippen LogP contribution in [0.25, 0.3) is 0 Å². The van der Waals surface area contributed by atoms with Gasteiger partial charge in [0, 0.05) is 13.1 Å². The van der Waals surface area contributed by atoms with E-state index in [1.807, 2.05) is 0 Å².